The van der Waals surface area contributed by atoms with Gasteiger partial charge in [0, 0.05) is 6.08 Å². The molecular weight excluding hydrogens is 238 g/mol. The lowest BCUT2D eigenvalue weighted by Gasteiger charge is -2.02. The first-order chi connectivity index (χ1) is 7.81. The van der Waals surface area contributed by atoms with Gasteiger partial charge in [0.05, 0.1) is 6.61 Å². The summed E-state index contributed by atoms with van der Waals surface area (Å²) in [4.78, 5) is 10.7. The first-order valence-corrected chi connectivity index (χ1v) is 6.30. The van der Waals surface area contributed by atoms with Crippen molar-refractivity contribution in [2.24, 2.45) is 5.73 Å². The third kappa shape index (κ3) is 15.5. The molecule has 0 atom stereocenters. The number of hydrogen-bond acceptors (Lipinski definition) is 3. The van der Waals surface area contributed by atoms with Crippen molar-refractivity contribution >= 4 is 18.4 Å². The van der Waals surface area contributed by atoms with Crippen molar-refractivity contribution in [2.45, 2.75) is 51.4 Å². The number of carbonyl (C=O) groups is 1. The normalized spacial score (nSPS) is 9.47. The van der Waals surface area contributed by atoms with Crippen LogP contribution in [0.1, 0.15) is 51.4 Å². The van der Waals surface area contributed by atoms with Crippen LogP contribution in [0.25, 0.3) is 0 Å². The van der Waals surface area contributed by atoms with E-state index in [2.05, 4.69) is 6.58 Å². The van der Waals surface area contributed by atoms with Crippen LogP contribution in [0.5, 0.6) is 0 Å². The van der Waals surface area contributed by atoms with Gasteiger partial charge in [0.15, 0.2) is 0 Å². The fourth-order valence-electron chi connectivity index (χ4n) is 1.54. The molecule has 0 saturated heterocycles. The van der Waals surface area contributed by atoms with Gasteiger partial charge < -0.3 is 10.5 Å². The topological polar surface area (TPSA) is 52.3 Å². The van der Waals surface area contributed by atoms with E-state index in [1.807, 2.05) is 0 Å². The summed E-state index contributed by atoms with van der Waals surface area (Å²) < 4.78 is 4.88. The maximum atomic E-state index is 10.7. The number of ether oxygens (including phenoxy) is 1. The van der Waals surface area contributed by atoms with Gasteiger partial charge in [0.2, 0.25) is 0 Å². The maximum absolute atomic E-state index is 10.7. The predicted octanol–water partition coefficient (Wildman–Crippen LogP) is 3.22. The van der Waals surface area contributed by atoms with Gasteiger partial charge in [-0.05, 0) is 19.4 Å². The SMILES string of the molecule is C=CC(=O)OCCCCCCCCCCN.Cl. The van der Waals surface area contributed by atoms with E-state index in [-0.39, 0.29) is 18.4 Å². The number of unbranched alkanes of at least 4 members (excludes halogenated alkanes) is 7. The van der Waals surface area contributed by atoms with Gasteiger partial charge in [-0.25, -0.2) is 4.79 Å². The van der Waals surface area contributed by atoms with Crippen molar-refractivity contribution in [3.05, 3.63) is 12.7 Å². The first kappa shape index (κ1) is 18.8. The van der Waals surface area contributed by atoms with E-state index >= 15 is 0 Å². The largest absolute Gasteiger partial charge is 0.463 e. The second kappa shape index (κ2) is 15.5. The molecule has 0 aliphatic heterocycles. The molecule has 0 bridgehead atoms. The van der Waals surface area contributed by atoms with Crippen LogP contribution in [0.15, 0.2) is 12.7 Å². The number of halogens is 1. The van der Waals surface area contributed by atoms with Crippen LogP contribution in [0.3, 0.4) is 0 Å². The van der Waals surface area contributed by atoms with E-state index in [0.29, 0.717) is 6.61 Å². The van der Waals surface area contributed by atoms with E-state index < -0.39 is 0 Å². The Hall–Kier alpha value is -0.540. The third-order valence-corrected chi connectivity index (χ3v) is 2.51. The summed E-state index contributed by atoms with van der Waals surface area (Å²) in [6.07, 6.45) is 10.8. The molecule has 0 aliphatic carbocycles. The van der Waals surface area contributed by atoms with Gasteiger partial charge in [0.25, 0.3) is 0 Å². The minimum Gasteiger partial charge on any atom is -0.463 e. The standard InChI is InChI=1S/C13H25NO2.ClH/c1-2-13(15)16-12-10-8-6-4-3-5-7-9-11-14;/h2H,1,3-12,14H2;1H. The van der Waals surface area contributed by atoms with Crippen LogP contribution >= 0.6 is 12.4 Å². The maximum Gasteiger partial charge on any atom is 0.330 e. The average Bonchev–Trinajstić information content (AvgIpc) is 2.31. The van der Waals surface area contributed by atoms with E-state index in [9.17, 15) is 4.79 Å². The molecule has 0 fully saturated rings. The fraction of sp³-hybridized carbons (Fsp3) is 0.769. The molecular formula is C13H26ClNO2. The second-order valence-electron chi connectivity index (χ2n) is 3.99. The summed E-state index contributed by atoms with van der Waals surface area (Å²) >= 11 is 0. The highest BCUT2D eigenvalue weighted by atomic mass is 35.5. The molecule has 0 heterocycles. The molecule has 0 aromatic rings. The molecule has 2 N–H and O–H groups in total. The smallest absolute Gasteiger partial charge is 0.330 e. The Labute approximate surface area is 111 Å². The molecule has 0 aliphatic rings. The Morgan fingerprint density at radius 3 is 1.94 bits per heavy atom. The molecule has 0 spiro atoms. The molecule has 0 aromatic carbocycles. The average molecular weight is 264 g/mol. The van der Waals surface area contributed by atoms with Gasteiger partial charge in [0.1, 0.15) is 0 Å². The first-order valence-electron chi connectivity index (χ1n) is 6.30. The Kier molecular flexibility index (Phi) is 17.1. The number of rotatable bonds is 11. The minimum absolute atomic E-state index is 0. The molecule has 17 heavy (non-hydrogen) atoms. The van der Waals surface area contributed by atoms with E-state index in [4.69, 9.17) is 10.5 Å². The minimum atomic E-state index is -0.318. The second-order valence-corrected chi connectivity index (χ2v) is 3.99. The Balaban J connectivity index is 0. The van der Waals surface area contributed by atoms with Crippen LogP contribution in [0.2, 0.25) is 0 Å². The van der Waals surface area contributed by atoms with Crippen molar-refractivity contribution < 1.29 is 9.53 Å². The Bertz CT molecular complexity index is 186. The van der Waals surface area contributed by atoms with Crippen molar-refractivity contribution in [2.75, 3.05) is 13.2 Å². The molecule has 0 aromatic heterocycles. The monoisotopic (exact) mass is 263 g/mol. The molecule has 0 unspecified atom stereocenters. The zero-order chi connectivity index (χ0) is 12.1. The van der Waals surface area contributed by atoms with E-state index in [1.54, 1.807) is 0 Å². The zero-order valence-electron chi connectivity index (χ0n) is 10.7. The van der Waals surface area contributed by atoms with Gasteiger partial charge >= 0.3 is 5.97 Å². The van der Waals surface area contributed by atoms with Gasteiger partial charge in [-0.2, -0.15) is 0 Å². The summed E-state index contributed by atoms with van der Waals surface area (Å²) in [6.45, 7) is 4.68. The number of carbonyl (C=O) groups excluding carboxylic acids is 1. The highest BCUT2D eigenvalue weighted by Gasteiger charge is 1.95. The van der Waals surface area contributed by atoms with Crippen molar-refractivity contribution in [1.82, 2.24) is 0 Å². The van der Waals surface area contributed by atoms with Crippen molar-refractivity contribution in [1.29, 1.82) is 0 Å². The highest BCUT2D eigenvalue weighted by molar-refractivity contribution is 5.85. The lowest BCUT2D eigenvalue weighted by molar-refractivity contribution is -0.137. The summed E-state index contributed by atoms with van der Waals surface area (Å²) in [5.74, 6) is -0.318. The summed E-state index contributed by atoms with van der Waals surface area (Å²) in [7, 11) is 0. The molecule has 4 heteroatoms. The number of hydrogen-bond donors (Lipinski definition) is 1. The third-order valence-electron chi connectivity index (χ3n) is 2.51. The lowest BCUT2D eigenvalue weighted by atomic mass is 10.1. The predicted molar refractivity (Wildman–Crippen MR) is 74.4 cm³/mol. The number of esters is 1. The fourth-order valence-corrected chi connectivity index (χ4v) is 1.54. The van der Waals surface area contributed by atoms with Gasteiger partial charge in [-0.3, -0.25) is 0 Å². The van der Waals surface area contributed by atoms with E-state index in [1.165, 1.54) is 38.2 Å². The molecule has 0 saturated carbocycles. The van der Waals surface area contributed by atoms with Crippen molar-refractivity contribution in [3.8, 4) is 0 Å². The summed E-state index contributed by atoms with van der Waals surface area (Å²) in [5.41, 5.74) is 5.41. The highest BCUT2D eigenvalue weighted by Crippen LogP contribution is 2.08. The summed E-state index contributed by atoms with van der Waals surface area (Å²) in [6, 6.07) is 0. The van der Waals surface area contributed by atoms with Crippen molar-refractivity contribution in [3.63, 3.8) is 0 Å². The number of nitrogens with two attached hydrogens (primary N) is 1. The van der Waals surface area contributed by atoms with Crippen LogP contribution < -0.4 is 5.73 Å². The Morgan fingerprint density at radius 1 is 1.00 bits per heavy atom. The van der Waals surface area contributed by atoms with Gasteiger partial charge in [-0.1, -0.05) is 45.1 Å². The van der Waals surface area contributed by atoms with Crippen LogP contribution in [0, 0.1) is 0 Å². The van der Waals surface area contributed by atoms with Gasteiger partial charge in [-0.15, -0.1) is 12.4 Å². The Morgan fingerprint density at radius 2 is 1.47 bits per heavy atom. The quantitative estimate of drug-likeness (QED) is 0.354. The zero-order valence-corrected chi connectivity index (χ0v) is 11.5. The summed E-state index contributed by atoms with van der Waals surface area (Å²) in [5, 5.41) is 0. The molecule has 0 radical (unpaired) electrons. The molecule has 3 nitrogen and oxygen atoms in total. The lowest BCUT2D eigenvalue weighted by Crippen LogP contribution is -2.01. The molecule has 0 rings (SSSR count). The van der Waals surface area contributed by atoms with Crippen LogP contribution in [0.4, 0.5) is 0 Å². The van der Waals surface area contributed by atoms with Crippen LogP contribution in [-0.4, -0.2) is 19.1 Å². The van der Waals surface area contributed by atoms with E-state index in [0.717, 1.165) is 25.8 Å². The molecule has 102 valence electrons. The van der Waals surface area contributed by atoms with Crippen LogP contribution in [-0.2, 0) is 9.53 Å². The molecule has 0 amide bonds.